The molecule has 0 spiro atoms. The molecule has 3 rings (SSSR count). The lowest BCUT2D eigenvalue weighted by molar-refractivity contribution is -0.274. The van der Waals surface area contributed by atoms with E-state index in [0.29, 0.717) is 13.0 Å². The second-order valence-electron chi connectivity index (χ2n) is 6.19. The van der Waals surface area contributed by atoms with Crippen molar-refractivity contribution in [3.63, 3.8) is 0 Å². The highest BCUT2D eigenvalue weighted by molar-refractivity contribution is 14.0. The molecule has 3 N–H and O–H groups in total. The quantitative estimate of drug-likeness (QED) is 0.351. The van der Waals surface area contributed by atoms with E-state index in [0.717, 1.165) is 17.7 Å². The largest absolute Gasteiger partial charge is 0.573 e. The van der Waals surface area contributed by atoms with Crippen LogP contribution in [-0.4, -0.2) is 24.8 Å². The number of alkyl halides is 3. The van der Waals surface area contributed by atoms with Gasteiger partial charge in [-0.05, 0) is 36.2 Å². The summed E-state index contributed by atoms with van der Waals surface area (Å²) >= 11 is 0. The lowest BCUT2D eigenvalue weighted by Gasteiger charge is -2.16. The lowest BCUT2D eigenvalue weighted by atomic mass is 10.2. The van der Waals surface area contributed by atoms with Crippen molar-refractivity contribution in [2.24, 2.45) is 10.7 Å². The van der Waals surface area contributed by atoms with Crippen molar-refractivity contribution in [1.29, 1.82) is 0 Å². The summed E-state index contributed by atoms with van der Waals surface area (Å²) in [5.41, 5.74) is 7.52. The van der Waals surface area contributed by atoms with Gasteiger partial charge in [0.25, 0.3) is 0 Å². The summed E-state index contributed by atoms with van der Waals surface area (Å²) in [4.78, 5) is 17.6. The molecule has 156 valence electrons. The minimum absolute atomic E-state index is 0. The fourth-order valence-corrected chi connectivity index (χ4v) is 2.84. The summed E-state index contributed by atoms with van der Waals surface area (Å²) in [5.74, 6) is -0.330. The van der Waals surface area contributed by atoms with E-state index in [4.69, 9.17) is 5.73 Å². The first-order valence-electron chi connectivity index (χ1n) is 8.63. The molecular formula is C19H20F3IN4O2. The van der Waals surface area contributed by atoms with E-state index in [1.54, 1.807) is 11.0 Å². The summed E-state index contributed by atoms with van der Waals surface area (Å²) in [5, 5.41) is 2.62. The summed E-state index contributed by atoms with van der Waals surface area (Å²) in [6.07, 6.45) is -3.39. The number of hydrogen-bond donors (Lipinski definition) is 2. The fraction of sp³-hybridized carbons (Fsp3) is 0.263. The maximum absolute atomic E-state index is 12.5. The van der Waals surface area contributed by atoms with Crippen molar-refractivity contribution >= 4 is 47.2 Å². The third-order valence-corrected chi connectivity index (χ3v) is 4.13. The van der Waals surface area contributed by atoms with Crippen molar-refractivity contribution in [1.82, 2.24) is 0 Å². The molecule has 29 heavy (non-hydrogen) atoms. The number of nitrogens with one attached hydrogen (secondary N) is 1. The number of aliphatic imine (C=N–C) groups is 1. The molecule has 10 heteroatoms. The maximum Gasteiger partial charge on any atom is 0.573 e. The van der Waals surface area contributed by atoms with Gasteiger partial charge in [0.2, 0.25) is 5.91 Å². The Balaban J connectivity index is 0.00000300. The van der Waals surface area contributed by atoms with Gasteiger partial charge in [0.15, 0.2) is 11.7 Å². The molecule has 0 atom stereocenters. The predicted molar refractivity (Wildman–Crippen MR) is 116 cm³/mol. The number of ether oxygens (including phenoxy) is 1. The average molecular weight is 520 g/mol. The zero-order valence-electron chi connectivity index (χ0n) is 15.3. The monoisotopic (exact) mass is 520 g/mol. The predicted octanol–water partition coefficient (Wildman–Crippen LogP) is 4.26. The lowest BCUT2D eigenvalue weighted by Crippen LogP contribution is -2.24. The molecule has 1 amide bonds. The number of nitrogens with two attached hydrogens (primary N) is 1. The van der Waals surface area contributed by atoms with E-state index in [9.17, 15) is 18.0 Å². The molecule has 2 aromatic carbocycles. The Morgan fingerprint density at radius 2 is 1.86 bits per heavy atom. The molecule has 0 aromatic heterocycles. The standard InChI is InChI=1S/C19H19F3N4O2.HI/c20-19(21,22)28-16-5-2-1-4-15(16)25-18(23)24-12-13-7-9-14(10-8-13)26-11-3-6-17(26)27;/h1-2,4-5,7-10H,3,6,11-12H2,(H3,23,24,25);1H. The third-order valence-electron chi connectivity index (χ3n) is 4.13. The molecular weight excluding hydrogens is 500 g/mol. The number of amides is 1. The molecule has 1 saturated heterocycles. The molecule has 2 aromatic rings. The highest BCUT2D eigenvalue weighted by Gasteiger charge is 2.32. The van der Waals surface area contributed by atoms with Crippen LogP contribution in [0.1, 0.15) is 18.4 Å². The van der Waals surface area contributed by atoms with Gasteiger partial charge >= 0.3 is 6.36 Å². The number of hydrogen-bond acceptors (Lipinski definition) is 3. The summed E-state index contributed by atoms with van der Waals surface area (Å²) in [6, 6.07) is 12.9. The second kappa shape index (κ2) is 9.81. The Bertz CT molecular complexity index is 873. The fourth-order valence-electron chi connectivity index (χ4n) is 2.84. The number of anilines is 2. The molecule has 1 fully saturated rings. The van der Waals surface area contributed by atoms with Crippen LogP contribution in [0.5, 0.6) is 5.75 Å². The zero-order chi connectivity index (χ0) is 20.1. The van der Waals surface area contributed by atoms with Crippen molar-refractivity contribution in [2.75, 3.05) is 16.8 Å². The van der Waals surface area contributed by atoms with E-state index in [-0.39, 0.29) is 48.1 Å². The van der Waals surface area contributed by atoms with Crippen molar-refractivity contribution < 1.29 is 22.7 Å². The first-order chi connectivity index (χ1) is 13.3. The van der Waals surface area contributed by atoms with Crippen LogP contribution in [0, 0.1) is 0 Å². The van der Waals surface area contributed by atoms with Gasteiger partial charge < -0.3 is 20.7 Å². The van der Waals surface area contributed by atoms with Crippen LogP contribution in [0.4, 0.5) is 24.5 Å². The van der Waals surface area contributed by atoms with Crippen LogP contribution in [0.2, 0.25) is 0 Å². The summed E-state index contributed by atoms with van der Waals surface area (Å²) in [7, 11) is 0. The number of carbonyl (C=O) groups is 1. The minimum Gasteiger partial charge on any atom is -0.404 e. The van der Waals surface area contributed by atoms with Crippen molar-refractivity contribution in [3.05, 3.63) is 54.1 Å². The van der Waals surface area contributed by atoms with E-state index >= 15 is 0 Å². The van der Waals surface area contributed by atoms with E-state index in [1.165, 1.54) is 18.2 Å². The van der Waals surface area contributed by atoms with Crippen LogP contribution in [0.25, 0.3) is 0 Å². The second-order valence-corrected chi connectivity index (χ2v) is 6.19. The number of para-hydroxylation sites is 2. The number of guanidine groups is 1. The van der Waals surface area contributed by atoms with Crippen LogP contribution in [0.3, 0.4) is 0 Å². The number of halogens is 4. The van der Waals surface area contributed by atoms with Crippen molar-refractivity contribution in [3.8, 4) is 5.75 Å². The van der Waals surface area contributed by atoms with E-state index < -0.39 is 12.1 Å². The normalized spacial score (nSPS) is 14.5. The molecule has 0 unspecified atom stereocenters. The number of nitrogens with zero attached hydrogens (tertiary/aromatic N) is 2. The van der Waals surface area contributed by atoms with Crippen molar-refractivity contribution in [2.45, 2.75) is 25.7 Å². The SMILES string of the molecule is I.NC(=NCc1ccc(N2CCCC2=O)cc1)Nc1ccccc1OC(F)(F)F. The van der Waals surface area contributed by atoms with Gasteiger partial charge in [-0.3, -0.25) is 4.79 Å². The topological polar surface area (TPSA) is 80.0 Å². The molecule has 6 nitrogen and oxygen atoms in total. The summed E-state index contributed by atoms with van der Waals surface area (Å²) in [6.45, 7) is 0.946. The van der Waals surface area contributed by atoms with Gasteiger partial charge in [0.05, 0.1) is 12.2 Å². The van der Waals surface area contributed by atoms with Gasteiger partial charge in [0.1, 0.15) is 0 Å². The van der Waals surface area contributed by atoms with Crippen LogP contribution in [0.15, 0.2) is 53.5 Å². The molecule has 0 saturated carbocycles. The maximum atomic E-state index is 12.5. The number of carbonyl (C=O) groups excluding carboxylic acids is 1. The van der Waals surface area contributed by atoms with Crippen LogP contribution >= 0.6 is 24.0 Å². The van der Waals surface area contributed by atoms with Gasteiger partial charge in [-0.25, -0.2) is 4.99 Å². The molecule has 1 aliphatic heterocycles. The van der Waals surface area contributed by atoms with Gasteiger partial charge in [-0.2, -0.15) is 0 Å². The molecule has 1 aliphatic rings. The van der Waals surface area contributed by atoms with Crippen LogP contribution in [-0.2, 0) is 11.3 Å². The Morgan fingerprint density at radius 3 is 2.48 bits per heavy atom. The van der Waals surface area contributed by atoms with E-state index in [1.807, 2.05) is 24.3 Å². The highest BCUT2D eigenvalue weighted by atomic mass is 127. The molecule has 1 heterocycles. The molecule has 0 bridgehead atoms. The van der Waals surface area contributed by atoms with E-state index in [2.05, 4.69) is 15.0 Å². The van der Waals surface area contributed by atoms with Crippen LogP contribution < -0.4 is 20.7 Å². The Kier molecular flexibility index (Phi) is 7.71. The zero-order valence-corrected chi connectivity index (χ0v) is 17.6. The number of rotatable bonds is 5. The van der Waals surface area contributed by atoms with Gasteiger partial charge in [-0.15, -0.1) is 37.1 Å². The van der Waals surface area contributed by atoms with Gasteiger partial charge in [0, 0.05) is 18.7 Å². The first-order valence-corrected chi connectivity index (χ1v) is 8.63. The minimum atomic E-state index is -4.80. The molecule has 0 aliphatic carbocycles. The van der Waals surface area contributed by atoms with Gasteiger partial charge in [-0.1, -0.05) is 24.3 Å². The summed E-state index contributed by atoms with van der Waals surface area (Å²) < 4.78 is 41.3. The smallest absolute Gasteiger partial charge is 0.404 e. The Hall–Kier alpha value is -2.50. The molecule has 0 radical (unpaired) electrons. The Morgan fingerprint density at radius 1 is 1.17 bits per heavy atom. The average Bonchev–Trinajstić information content (AvgIpc) is 3.07. The Labute approximate surface area is 182 Å². The first kappa shape index (κ1) is 22.8. The number of benzene rings is 2. The third kappa shape index (κ3) is 6.51. The highest BCUT2D eigenvalue weighted by Crippen LogP contribution is 2.29.